The third-order valence-corrected chi connectivity index (χ3v) is 5.36. The van der Waals surface area contributed by atoms with Crippen LogP contribution < -0.4 is 15.5 Å². The Hall–Kier alpha value is -1.36. The van der Waals surface area contributed by atoms with Gasteiger partial charge in [-0.3, -0.25) is 4.99 Å². The summed E-state index contributed by atoms with van der Waals surface area (Å²) in [6, 6.07) is 8.75. The van der Waals surface area contributed by atoms with Gasteiger partial charge in [-0.2, -0.15) is 11.8 Å². The molecule has 128 valence electrons. The number of nitrogens with zero attached hydrogens (tertiary/aromatic N) is 2. The zero-order chi connectivity index (χ0) is 16.5. The van der Waals surface area contributed by atoms with Gasteiger partial charge in [0.25, 0.3) is 0 Å². The first-order valence-electron chi connectivity index (χ1n) is 8.59. The van der Waals surface area contributed by atoms with E-state index in [0.29, 0.717) is 5.25 Å². The fourth-order valence-electron chi connectivity index (χ4n) is 2.61. The van der Waals surface area contributed by atoms with E-state index in [1.165, 1.54) is 29.8 Å². The van der Waals surface area contributed by atoms with Gasteiger partial charge in [-0.15, -0.1) is 0 Å². The van der Waals surface area contributed by atoms with E-state index >= 15 is 0 Å². The molecule has 0 aliphatic carbocycles. The summed E-state index contributed by atoms with van der Waals surface area (Å²) in [7, 11) is 4.14. The number of nitrogens with one attached hydrogen (secondary N) is 2. The van der Waals surface area contributed by atoms with E-state index in [4.69, 9.17) is 4.99 Å². The van der Waals surface area contributed by atoms with Crippen molar-refractivity contribution in [2.45, 2.75) is 31.4 Å². The summed E-state index contributed by atoms with van der Waals surface area (Å²) < 4.78 is 0. The maximum Gasteiger partial charge on any atom is 0.191 e. The Morgan fingerprint density at radius 1 is 1.26 bits per heavy atom. The van der Waals surface area contributed by atoms with E-state index in [1.807, 2.05) is 0 Å². The van der Waals surface area contributed by atoms with Crippen molar-refractivity contribution in [1.29, 1.82) is 0 Å². The second-order valence-electron chi connectivity index (χ2n) is 6.09. The van der Waals surface area contributed by atoms with E-state index < -0.39 is 0 Å². The van der Waals surface area contributed by atoms with Crippen LogP contribution in [-0.4, -0.2) is 50.7 Å². The van der Waals surface area contributed by atoms with Gasteiger partial charge in [0.1, 0.15) is 0 Å². The Kier molecular flexibility index (Phi) is 7.59. The van der Waals surface area contributed by atoms with E-state index in [0.717, 1.165) is 32.0 Å². The van der Waals surface area contributed by atoms with Crippen LogP contribution in [0, 0.1) is 0 Å². The van der Waals surface area contributed by atoms with Gasteiger partial charge < -0.3 is 15.5 Å². The largest absolute Gasteiger partial charge is 0.378 e. The molecule has 0 bridgehead atoms. The third kappa shape index (κ3) is 6.34. The molecule has 1 atom stereocenters. The summed E-state index contributed by atoms with van der Waals surface area (Å²) in [4.78, 5) is 6.85. The van der Waals surface area contributed by atoms with Crippen LogP contribution in [0.2, 0.25) is 0 Å². The van der Waals surface area contributed by atoms with Crippen molar-refractivity contribution in [3.05, 3.63) is 29.8 Å². The molecule has 1 aromatic rings. The van der Waals surface area contributed by atoms with Crippen LogP contribution in [0.5, 0.6) is 0 Å². The zero-order valence-electron chi connectivity index (χ0n) is 14.6. The van der Waals surface area contributed by atoms with Crippen molar-refractivity contribution in [2.24, 2.45) is 4.99 Å². The quantitative estimate of drug-likeness (QED) is 0.594. The molecule has 0 saturated carbocycles. The second kappa shape index (κ2) is 9.71. The molecule has 2 rings (SSSR count). The highest BCUT2D eigenvalue weighted by atomic mass is 32.2. The van der Waals surface area contributed by atoms with Crippen LogP contribution in [0.4, 0.5) is 5.69 Å². The summed E-state index contributed by atoms with van der Waals surface area (Å²) in [5.41, 5.74) is 2.59. The van der Waals surface area contributed by atoms with Gasteiger partial charge in [0.05, 0.1) is 6.54 Å². The number of thioether (sulfide) groups is 1. The molecule has 23 heavy (non-hydrogen) atoms. The topological polar surface area (TPSA) is 39.7 Å². The first-order chi connectivity index (χ1) is 11.2. The smallest absolute Gasteiger partial charge is 0.191 e. The van der Waals surface area contributed by atoms with E-state index in [-0.39, 0.29) is 0 Å². The lowest BCUT2D eigenvalue weighted by Gasteiger charge is -2.14. The van der Waals surface area contributed by atoms with Gasteiger partial charge in [-0.05, 0) is 49.6 Å². The fourth-order valence-corrected chi connectivity index (χ4v) is 3.79. The normalized spacial score (nSPS) is 18.0. The number of rotatable bonds is 7. The molecule has 1 unspecified atom stereocenters. The van der Waals surface area contributed by atoms with Crippen molar-refractivity contribution >= 4 is 23.4 Å². The van der Waals surface area contributed by atoms with Crippen LogP contribution in [0.1, 0.15) is 25.3 Å². The molecule has 5 heteroatoms. The second-order valence-corrected chi connectivity index (χ2v) is 7.50. The van der Waals surface area contributed by atoms with Gasteiger partial charge >= 0.3 is 0 Å². The summed E-state index contributed by atoms with van der Waals surface area (Å²) in [5, 5.41) is 7.50. The average Bonchev–Trinajstić information content (AvgIpc) is 3.06. The molecule has 0 spiro atoms. The highest BCUT2D eigenvalue weighted by Crippen LogP contribution is 2.25. The van der Waals surface area contributed by atoms with Crippen molar-refractivity contribution in [3.8, 4) is 0 Å². The van der Waals surface area contributed by atoms with E-state index in [9.17, 15) is 0 Å². The molecule has 2 N–H and O–H groups in total. The first-order valence-corrected chi connectivity index (χ1v) is 9.64. The van der Waals surface area contributed by atoms with E-state index in [2.05, 4.69) is 72.6 Å². The van der Waals surface area contributed by atoms with Crippen LogP contribution in [-0.2, 0) is 6.42 Å². The SMILES string of the molecule is CCNC(=NCC1CCCS1)NCCc1ccc(N(C)C)cc1. The van der Waals surface area contributed by atoms with Gasteiger partial charge in [0, 0.05) is 38.1 Å². The lowest BCUT2D eigenvalue weighted by atomic mass is 10.1. The molecule has 0 amide bonds. The summed E-state index contributed by atoms with van der Waals surface area (Å²) in [5.74, 6) is 2.25. The van der Waals surface area contributed by atoms with Crippen LogP contribution in [0.3, 0.4) is 0 Å². The Morgan fingerprint density at radius 3 is 2.65 bits per heavy atom. The molecule has 1 aliphatic rings. The standard InChI is InChI=1S/C18H30N4S/c1-4-19-18(21-14-17-6-5-13-23-17)20-12-11-15-7-9-16(10-8-15)22(2)3/h7-10,17H,4-6,11-14H2,1-3H3,(H2,19,20,21). The van der Waals surface area contributed by atoms with Crippen molar-refractivity contribution in [2.75, 3.05) is 44.4 Å². The fraction of sp³-hybridized carbons (Fsp3) is 0.611. The molecule has 1 aliphatic heterocycles. The number of benzene rings is 1. The van der Waals surface area contributed by atoms with Gasteiger partial charge in [0.15, 0.2) is 5.96 Å². The van der Waals surface area contributed by atoms with Crippen LogP contribution in [0.25, 0.3) is 0 Å². The predicted octanol–water partition coefficient (Wildman–Crippen LogP) is 2.75. The van der Waals surface area contributed by atoms with Gasteiger partial charge in [-0.25, -0.2) is 0 Å². The number of guanidine groups is 1. The molecular weight excluding hydrogens is 304 g/mol. The molecule has 0 aromatic heterocycles. The third-order valence-electron chi connectivity index (χ3n) is 3.98. The van der Waals surface area contributed by atoms with Crippen LogP contribution >= 0.6 is 11.8 Å². The summed E-state index contributed by atoms with van der Waals surface area (Å²) in [6.45, 7) is 4.85. The minimum Gasteiger partial charge on any atom is -0.378 e. The zero-order valence-corrected chi connectivity index (χ0v) is 15.5. The molecule has 1 aromatic carbocycles. The number of aliphatic imine (C=N–C) groups is 1. The average molecular weight is 335 g/mol. The molecule has 1 fully saturated rings. The minimum atomic E-state index is 0.712. The highest BCUT2D eigenvalue weighted by molar-refractivity contribution is 8.00. The monoisotopic (exact) mass is 334 g/mol. The maximum absolute atomic E-state index is 4.73. The predicted molar refractivity (Wildman–Crippen MR) is 104 cm³/mol. The summed E-state index contributed by atoms with van der Waals surface area (Å²) >= 11 is 2.06. The number of anilines is 1. The van der Waals surface area contributed by atoms with Crippen molar-refractivity contribution < 1.29 is 0 Å². The number of hydrogen-bond donors (Lipinski definition) is 2. The molecule has 4 nitrogen and oxygen atoms in total. The van der Waals surface area contributed by atoms with E-state index in [1.54, 1.807) is 0 Å². The Morgan fingerprint density at radius 2 is 2.04 bits per heavy atom. The Balaban J connectivity index is 1.77. The van der Waals surface area contributed by atoms with Gasteiger partial charge in [-0.1, -0.05) is 12.1 Å². The van der Waals surface area contributed by atoms with Crippen molar-refractivity contribution in [1.82, 2.24) is 10.6 Å². The molecule has 1 heterocycles. The first kappa shape index (κ1) is 18.0. The Labute approximate surface area is 145 Å². The van der Waals surface area contributed by atoms with Crippen LogP contribution in [0.15, 0.2) is 29.3 Å². The summed E-state index contributed by atoms with van der Waals surface area (Å²) in [6.07, 6.45) is 3.67. The lowest BCUT2D eigenvalue weighted by molar-refractivity contribution is 0.761. The maximum atomic E-state index is 4.73. The lowest BCUT2D eigenvalue weighted by Crippen LogP contribution is -2.38. The minimum absolute atomic E-state index is 0.712. The molecule has 0 radical (unpaired) electrons. The Bertz CT molecular complexity index is 478. The molecular formula is C18H30N4S. The number of hydrogen-bond acceptors (Lipinski definition) is 3. The highest BCUT2D eigenvalue weighted by Gasteiger charge is 2.14. The van der Waals surface area contributed by atoms with Gasteiger partial charge in [0.2, 0.25) is 0 Å². The van der Waals surface area contributed by atoms with Crippen molar-refractivity contribution in [3.63, 3.8) is 0 Å². The molecule has 1 saturated heterocycles.